The van der Waals surface area contributed by atoms with Crippen molar-refractivity contribution in [1.29, 1.82) is 0 Å². The highest BCUT2D eigenvalue weighted by molar-refractivity contribution is 7.87. The summed E-state index contributed by atoms with van der Waals surface area (Å²) in [6.45, 7) is -1.65. The molecular weight excluding hydrogens is 490 g/mol. The van der Waals surface area contributed by atoms with E-state index >= 15 is 0 Å². The minimum Gasteiger partial charge on any atom is -0.368 e. The number of halogens is 6. The van der Waals surface area contributed by atoms with Gasteiger partial charge in [0.25, 0.3) is 0 Å². The highest BCUT2D eigenvalue weighted by Gasteiger charge is 2.56. The molecule has 0 saturated carbocycles. The van der Waals surface area contributed by atoms with E-state index in [0.717, 1.165) is 0 Å². The molecule has 0 amide bonds. The van der Waals surface area contributed by atoms with Gasteiger partial charge in [-0.25, -0.2) is 0 Å². The van der Waals surface area contributed by atoms with E-state index < -0.39 is 69.1 Å². The minimum atomic E-state index is -6.39. The first kappa shape index (κ1) is 25.8. The van der Waals surface area contributed by atoms with Crippen LogP contribution in [0.15, 0.2) is 30.3 Å². The molecule has 9 nitrogen and oxygen atoms in total. The molecule has 31 heavy (non-hydrogen) atoms. The summed E-state index contributed by atoms with van der Waals surface area (Å²) in [5, 5.41) is 9.76. The van der Waals surface area contributed by atoms with E-state index in [4.69, 9.17) is 4.74 Å². The van der Waals surface area contributed by atoms with E-state index in [1.54, 1.807) is 6.07 Å². The number of alkyl halides is 6. The van der Waals surface area contributed by atoms with E-state index in [9.17, 15) is 48.3 Å². The second-order valence-electron chi connectivity index (χ2n) is 5.98. The van der Waals surface area contributed by atoms with Gasteiger partial charge < -0.3 is 14.6 Å². The Hall–Kier alpha value is -1.50. The van der Waals surface area contributed by atoms with Crippen LogP contribution >= 0.6 is 0 Å². The van der Waals surface area contributed by atoms with Crippen LogP contribution in [0.1, 0.15) is 5.56 Å². The fraction of sp³-hybridized carbons (Fsp3) is 0.571. The van der Waals surface area contributed by atoms with Gasteiger partial charge in [0.05, 0.1) is 13.2 Å². The van der Waals surface area contributed by atoms with E-state index in [1.807, 2.05) is 0 Å². The third-order valence-corrected chi connectivity index (χ3v) is 5.85. The Kier molecular flexibility index (Phi) is 7.61. The average molecular weight is 504 g/mol. The third kappa shape index (κ3) is 6.27. The molecule has 4 atom stereocenters. The molecule has 1 aromatic carbocycles. The van der Waals surface area contributed by atoms with E-state index in [1.165, 1.54) is 24.3 Å². The average Bonchev–Trinajstić information content (AvgIpc) is 2.62. The molecule has 0 aliphatic carbocycles. The van der Waals surface area contributed by atoms with Gasteiger partial charge in [-0.15, -0.1) is 0 Å². The molecule has 17 heteroatoms. The van der Waals surface area contributed by atoms with Gasteiger partial charge in [-0.2, -0.15) is 43.2 Å². The van der Waals surface area contributed by atoms with Gasteiger partial charge in [-0.05, 0) is 5.56 Å². The van der Waals surface area contributed by atoms with Crippen molar-refractivity contribution < 1.29 is 66.1 Å². The predicted octanol–water partition coefficient (Wildman–Crippen LogP) is 1.39. The van der Waals surface area contributed by atoms with Crippen LogP contribution in [0.3, 0.4) is 0 Å². The summed E-state index contributed by atoms with van der Waals surface area (Å²) in [6.07, 6.45) is -9.60. The number of ether oxygens (including phenoxy) is 2. The summed E-state index contributed by atoms with van der Waals surface area (Å²) in [5.41, 5.74) is -11.6. The zero-order valence-electron chi connectivity index (χ0n) is 14.9. The second kappa shape index (κ2) is 9.16. The lowest BCUT2D eigenvalue weighted by molar-refractivity contribution is -0.254. The molecule has 0 radical (unpaired) electrons. The molecule has 1 aliphatic heterocycles. The Morgan fingerprint density at radius 1 is 0.903 bits per heavy atom. The fourth-order valence-electron chi connectivity index (χ4n) is 2.33. The Labute approximate surface area is 171 Å². The van der Waals surface area contributed by atoms with Crippen molar-refractivity contribution in [2.24, 2.45) is 0 Å². The number of benzene rings is 1. The molecule has 1 aromatic rings. The van der Waals surface area contributed by atoms with E-state index in [0.29, 0.717) is 5.56 Å². The van der Waals surface area contributed by atoms with Crippen LogP contribution in [0.25, 0.3) is 0 Å². The van der Waals surface area contributed by atoms with Crippen molar-refractivity contribution in [3.05, 3.63) is 35.9 Å². The molecule has 1 aliphatic rings. The van der Waals surface area contributed by atoms with Gasteiger partial charge in [-0.1, -0.05) is 30.3 Å². The van der Waals surface area contributed by atoms with Crippen LogP contribution in [0.5, 0.6) is 0 Å². The van der Waals surface area contributed by atoms with Crippen molar-refractivity contribution >= 4 is 20.2 Å². The fourth-order valence-corrected chi connectivity index (χ4v) is 3.53. The minimum absolute atomic E-state index is 0.318. The Morgan fingerprint density at radius 2 is 1.42 bits per heavy atom. The molecule has 1 N–H and O–H groups in total. The van der Waals surface area contributed by atoms with Crippen LogP contribution in [-0.4, -0.2) is 64.2 Å². The maximum absolute atomic E-state index is 12.7. The van der Waals surface area contributed by atoms with Crippen LogP contribution in [0.4, 0.5) is 26.3 Å². The van der Waals surface area contributed by atoms with Gasteiger partial charge in [0.2, 0.25) is 0 Å². The van der Waals surface area contributed by atoms with Gasteiger partial charge in [0.1, 0.15) is 12.2 Å². The van der Waals surface area contributed by atoms with Crippen LogP contribution in [0.2, 0.25) is 0 Å². The van der Waals surface area contributed by atoms with Gasteiger partial charge in [0, 0.05) is 0 Å². The smallest absolute Gasteiger partial charge is 0.368 e. The highest BCUT2D eigenvalue weighted by atomic mass is 32.2. The first-order valence-corrected chi connectivity index (χ1v) is 10.8. The van der Waals surface area contributed by atoms with Crippen molar-refractivity contribution in [3.8, 4) is 0 Å². The van der Waals surface area contributed by atoms with Crippen LogP contribution < -0.4 is 0 Å². The maximum Gasteiger partial charge on any atom is 0.523 e. The molecule has 2 rings (SSSR count). The Bertz CT molecular complexity index is 947. The molecular formula is C14H14F6O9S2. The molecule has 1 unspecified atom stereocenters. The van der Waals surface area contributed by atoms with Gasteiger partial charge >= 0.3 is 31.3 Å². The molecule has 0 aromatic heterocycles. The van der Waals surface area contributed by atoms with Crippen LogP contribution in [0, 0.1) is 0 Å². The van der Waals surface area contributed by atoms with E-state index in [2.05, 4.69) is 13.1 Å². The Morgan fingerprint density at radius 3 is 1.94 bits per heavy atom. The lowest BCUT2D eigenvalue weighted by Crippen LogP contribution is -2.58. The second-order valence-corrected chi connectivity index (χ2v) is 9.11. The summed E-state index contributed by atoms with van der Waals surface area (Å²) in [4.78, 5) is 0. The molecule has 178 valence electrons. The van der Waals surface area contributed by atoms with Crippen LogP contribution in [-0.2, 0) is 44.7 Å². The normalized spacial score (nSPS) is 26.0. The molecule has 0 bridgehead atoms. The maximum atomic E-state index is 12.7. The Balaban J connectivity index is 2.37. The summed E-state index contributed by atoms with van der Waals surface area (Å²) < 4.78 is 139. The number of rotatable bonds is 7. The zero-order chi connectivity index (χ0) is 23.7. The van der Waals surface area contributed by atoms with Gasteiger partial charge in [0.15, 0.2) is 12.4 Å². The standard InChI is InChI=1S/C14H14F6O9S2/c15-13(16,17)30(22,23)28-9-7-27-12(21)11(29-31(24,25)14(18,19)20)10(9)26-6-8-4-2-1-3-5-8/h1-5,9-12,21H,6-7H2/t9-,10+,11+,12?/m0/s1. The first-order chi connectivity index (χ1) is 14.1. The molecule has 0 spiro atoms. The number of aliphatic hydroxyl groups excluding tert-OH is 1. The molecule has 1 heterocycles. The highest BCUT2D eigenvalue weighted by Crippen LogP contribution is 2.33. The summed E-state index contributed by atoms with van der Waals surface area (Å²) >= 11 is 0. The van der Waals surface area contributed by atoms with E-state index in [-0.39, 0.29) is 0 Å². The van der Waals surface area contributed by atoms with Crippen molar-refractivity contribution in [1.82, 2.24) is 0 Å². The number of hydrogen-bond acceptors (Lipinski definition) is 9. The SMILES string of the molecule is O=S(=O)(O[C@H]1COC(O)[C@H](OS(=O)(=O)C(F)(F)F)[C@@H]1OCc1ccccc1)C(F)(F)F. The largest absolute Gasteiger partial charge is 0.523 e. The molecule has 1 fully saturated rings. The summed E-state index contributed by atoms with van der Waals surface area (Å²) in [5.74, 6) is 0. The predicted molar refractivity (Wildman–Crippen MR) is 86.7 cm³/mol. The number of aliphatic hydroxyl groups is 1. The lowest BCUT2D eigenvalue weighted by Gasteiger charge is -2.39. The topological polar surface area (TPSA) is 125 Å². The summed E-state index contributed by atoms with van der Waals surface area (Å²) in [7, 11) is -12.7. The molecule has 1 saturated heterocycles. The quantitative estimate of drug-likeness (QED) is 0.333. The third-order valence-electron chi connectivity index (χ3n) is 3.74. The number of hydrogen-bond donors (Lipinski definition) is 1. The summed E-state index contributed by atoms with van der Waals surface area (Å²) in [6, 6.07) is 7.44. The first-order valence-electron chi connectivity index (χ1n) is 7.99. The van der Waals surface area contributed by atoms with Gasteiger partial charge in [-0.3, -0.25) is 8.37 Å². The van der Waals surface area contributed by atoms with Crippen molar-refractivity contribution in [3.63, 3.8) is 0 Å². The van der Waals surface area contributed by atoms with Crippen molar-refractivity contribution in [2.45, 2.75) is 42.2 Å². The lowest BCUT2D eigenvalue weighted by atomic mass is 10.1. The zero-order valence-corrected chi connectivity index (χ0v) is 16.5. The van der Waals surface area contributed by atoms with Crippen molar-refractivity contribution in [2.75, 3.05) is 6.61 Å². The monoisotopic (exact) mass is 504 g/mol.